The summed E-state index contributed by atoms with van der Waals surface area (Å²) in [6.45, 7) is 7.48. The van der Waals surface area contributed by atoms with Crippen molar-refractivity contribution in [3.05, 3.63) is 89.0 Å². The first-order chi connectivity index (χ1) is 10.7. The van der Waals surface area contributed by atoms with E-state index in [0.29, 0.717) is 5.92 Å². The maximum atomic E-state index is 4.62. The lowest BCUT2D eigenvalue weighted by Gasteiger charge is -2.18. The van der Waals surface area contributed by atoms with E-state index in [1.54, 1.807) is 0 Å². The van der Waals surface area contributed by atoms with Gasteiger partial charge in [-0.05, 0) is 36.1 Å². The van der Waals surface area contributed by atoms with E-state index in [-0.39, 0.29) is 0 Å². The van der Waals surface area contributed by atoms with E-state index < -0.39 is 0 Å². The maximum absolute atomic E-state index is 4.62. The average Bonchev–Trinajstić information content (AvgIpc) is 2.98. The van der Waals surface area contributed by atoms with E-state index in [0.717, 1.165) is 12.4 Å². The number of rotatable bonds is 4. The summed E-state index contributed by atoms with van der Waals surface area (Å²) in [7, 11) is 0. The zero-order chi connectivity index (χ0) is 15.5. The summed E-state index contributed by atoms with van der Waals surface area (Å²) < 4.78 is 2.25. The minimum atomic E-state index is 0.290. The molecule has 1 atom stereocenters. The largest absolute Gasteiger partial charge is 0.330 e. The van der Waals surface area contributed by atoms with Crippen molar-refractivity contribution in [1.82, 2.24) is 9.55 Å². The Balaban J connectivity index is 1.93. The summed E-state index contributed by atoms with van der Waals surface area (Å²) in [5.41, 5.74) is 5.37. The summed E-state index contributed by atoms with van der Waals surface area (Å²) in [6, 6.07) is 17.1. The zero-order valence-corrected chi connectivity index (χ0v) is 13.5. The lowest BCUT2D eigenvalue weighted by atomic mass is 9.93. The summed E-state index contributed by atoms with van der Waals surface area (Å²) in [5, 5.41) is 0. The molecule has 0 bridgehead atoms. The van der Waals surface area contributed by atoms with E-state index in [1.807, 2.05) is 6.20 Å². The van der Waals surface area contributed by atoms with Gasteiger partial charge >= 0.3 is 0 Å². The van der Waals surface area contributed by atoms with Gasteiger partial charge in [-0.25, -0.2) is 4.98 Å². The highest BCUT2D eigenvalue weighted by atomic mass is 15.1. The molecule has 0 saturated heterocycles. The Hall–Kier alpha value is -2.35. The van der Waals surface area contributed by atoms with Crippen molar-refractivity contribution in [1.29, 1.82) is 0 Å². The molecule has 22 heavy (non-hydrogen) atoms. The van der Waals surface area contributed by atoms with Crippen molar-refractivity contribution in [3.8, 4) is 0 Å². The molecule has 0 saturated carbocycles. The molecule has 0 amide bonds. The highest BCUT2D eigenvalue weighted by Gasteiger charge is 2.16. The molecule has 2 aromatic carbocycles. The molecule has 0 aliphatic rings. The van der Waals surface area contributed by atoms with Crippen LogP contribution in [0.25, 0.3) is 0 Å². The van der Waals surface area contributed by atoms with Gasteiger partial charge in [-0.15, -0.1) is 0 Å². The van der Waals surface area contributed by atoms with E-state index >= 15 is 0 Å². The number of imidazole rings is 1. The standard InChI is InChI=1S/C20H22N2/c1-15-8-7-11-19(16(15)2)17(3)20-21-12-13-22(20)14-18-9-5-4-6-10-18/h4-13,17H,14H2,1-3H3/t17-/m0/s1. The predicted molar refractivity (Wildman–Crippen MR) is 91.2 cm³/mol. The Kier molecular flexibility index (Phi) is 4.10. The van der Waals surface area contributed by atoms with Gasteiger partial charge in [-0.1, -0.05) is 55.5 Å². The summed E-state index contributed by atoms with van der Waals surface area (Å²) in [4.78, 5) is 4.62. The van der Waals surface area contributed by atoms with Gasteiger partial charge in [0.05, 0.1) is 0 Å². The first-order valence-corrected chi connectivity index (χ1v) is 7.78. The fourth-order valence-electron chi connectivity index (χ4n) is 3.00. The van der Waals surface area contributed by atoms with Gasteiger partial charge in [0.1, 0.15) is 5.82 Å². The Bertz CT molecular complexity index is 756. The van der Waals surface area contributed by atoms with Crippen LogP contribution in [0.4, 0.5) is 0 Å². The molecule has 1 heterocycles. The van der Waals surface area contributed by atoms with Crippen LogP contribution in [-0.2, 0) is 6.54 Å². The second-order valence-corrected chi connectivity index (χ2v) is 5.91. The van der Waals surface area contributed by atoms with E-state index in [9.17, 15) is 0 Å². The number of benzene rings is 2. The van der Waals surface area contributed by atoms with Gasteiger partial charge in [0, 0.05) is 24.9 Å². The van der Waals surface area contributed by atoms with Crippen molar-refractivity contribution in [3.63, 3.8) is 0 Å². The predicted octanol–water partition coefficient (Wildman–Crippen LogP) is 4.70. The summed E-state index contributed by atoms with van der Waals surface area (Å²) in [5.74, 6) is 1.41. The summed E-state index contributed by atoms with van der Waals surface area (Å²) in [6.07, 6.45) is 3.98. The Morgan fingerprint density at radius 3 is 2.55 bits per heavy atom. The molecule has 0 spiro atoms. The van der Waals surface area contributed by atoms with Gasteiger partial charge in [0.25, 0.3) is 0 Å². The van der Waals surface area contributed by atoms with Crippen LogP contribution in [0.15, 0.2) is 60.9 Å². The molecule has 0 aliphatic heterocycles. The van der Waals surface area contributed by atoms with Crippen molar-refractivity contribution in [2.24, 2.45) is 0 Å². The third-order valence-corrected chi connectivity index (χ3v) is 4.44. The molecule has 1 aromatic heterocycles. The number of aryl methyl sites for hydroxylation is 1. The number of nitrogens with zero attached hydrogens (tertiary/aromatic N) is 2. The van der Waals surface area contributed by atoms with E-state index in [4.69, 9.17) is 0 Å². The molecule has 0 aliphatic carbocycles. The number of hydrogen-bond donors (Lipinski definition) is 0. The van der Waals surface area contributed by atoms with Gasteiger partial charge in [0.2, 0.25) is 0 Å². The van der Waals surface area contributed by atoms with Crippen LogP contribution in [0.3, 0.4) is 0 Å². The second-order valence-electron chi connectivity index (χ2n) is 5.91. The molecule has 0 unspecified atom stereocenters. The van der Waals surface area contributed by atoms with Crippen molar-refractivity contribution >= 4 is 0 Å². The molecule has 3 rings (SSSR count). The molecule has 3 aromatic rings. The quantitative estimate of drug-likeness (QED) is 0.681. The Labute approximate surface area is 132 Å². The molecule has 2 nitrogen and oxygen atoms in total. The van der Waals surface area contributed by atoms with Crippen LogP contribution in [0, 0.1) is 13.8 Å². The van der Waals surface area contributed by atoms with Crippen LogP contribution in [0.2, 0.25) is 0 Å². The van der Waals surface area contributed by atoms with E-state index in [2.05, 4.69) is 85.1 Å². The molecule has 0 N–H and O–H groups in total. The topological polar surface area (TPSA) is 17.8 Å². The summed E-state index contributed by atoms with van der Waals surface area (Å²) >= 11 is 0. The van der Waals surface area contributed by atoms with Crippen LogP contribution in [-0.4, -0.2) is 9.55 Å². The fourth-order valence-corrected chi connectivity index (χ4v) is 3.00. The molecule has 0 radical (unpaired) electrons. The second kappa shape index (κ2) is 6.18. The monoisotopic (exact) mass is 290 g/mol. The lowest BCUT2D eigenvalue weighted by Crippen LogP contribution is -2.10. The van der Waals surface area contributed by atoms with Crippen molar-refractivity contribution < 1.29 is 0 Å². The molecule has 0 fully saturated rings. The minimum absolute atomic E-state index is 0.290. The van der Waals surface area contributed by atoms with Gasteiger partial charge in [0.15, 0.2) is 0 Å². The van der Waals surface area contributed by atoms with E-state index in [1.165, 1.54) is 22.3 Å². The molecular weight excluding hydrogens is 268 g/mol. The van der Waals surface area contributed by atoms with Crippen molar-refractivity contribution in [2.75, 3.05) is 0 Å². The van der Waals surface area contributed by atoms with Crippen LogP contribution < -0.4 is 0 Å². The third kappa shape index (κ3) is 2.82. The van der Waals surface area contributed by atoms with Crippen LogP contribution in [0.5, 0.6) is 0 Å². The van der Waals surface area contributed by atoms with Gasteiger partial charge in [-0.2, -0.15) is 0 Å². The Morgan fingerprint density at radius 2 is 1.77 bits per heavy atom. The molecule has 2 heteroatoms. The fraction of sp³-hybridized carbons (Fsp3) is 0.250. The Morgan fingerprint density at radius 1 is 1.00 bits per heavy atom. The highest BCUT2D eigenvalue weighted by Crippen LogP contribution is 2.27. The van der Waals surface area contributed by atoms with Gasteiger partial charge in [-0.3, -0.25) is 0 Å². The van der Waals surface area contributed by atoms with Crippen LogP contribution >= 0.6 is 0 Å². The lowest BCUT2D eigenvalue weighted by molar-refractivity contribution is 0.687. The first kappa shape index (κ1) is 14.6. The zero-order valence-electron chi connectivity index (χ0n) is 13.5. The normalized spacial score (nSPS) is 12.3. The molecule has 112 valence electrons. The maximum Gasteiger partial charge on any atom is 0.116 e. The smallest absolute Gasteiger partial charge is 0.116 e. The SMILES string of the molecule is Cc1cccc([C@H](C)c2nccn2Cc2ccccc2)c1C. The third-order valence-electron chi connectivity index (χ3n) is 4.44. The number of aromatic nitrogens is 2. The van der Waals surface area contributed by atoms with Crippen LogP contribution in [0.1, 0.15) is 40.9 Å². The highest BCUT2D eigenvalue weighted by molar-refractivity contribution is 5.38. The number of hydrogen-bond acceptors (Lipinski definition) is 1. The molecular formula is C20H22N2. The average molecular weight is 290 g/mol. The minimum Gasteiger partial charge on any atom is -0.330 e. The van der Waals surface area contributed by atoms with Crippen molar-refractivity contribution in [2.45, 2.75) is 33.2 Å². The van der Waals surface area contributed by atoms with Gasteiger partial charge < -0.3 is 4.57 Å². The first-order valence-electron chi connectivity index (χ1n) is 7.78.